The van der Waals surface area contributed by atoms with Crippen molar-refractivity contribution < 1.29 is 32.9 Å². The Morgan fingerprint density at radius 1 is 0.500 bits per heavy atom. The Labute approximate surface area is 387 Å². The lowest BCUT2D eigenvalue weighted by Crippen LogP contribution is -2.46. The van der Waals surface area contributed by atoms with Gasteiger partial charge in [-0.25, -0.2) is 0 Å². The molecular formula is C53H109N2O6P. The van der Waals surface area contributed by atoms with Crippen LogP contribution in [0.1, 0.15) is 284 Å². The topological polar surface area (TPSA) is 108 Å². The molecule has 62 heavy (non-hydrogen) atoms. The molecule has 372 valence electrons. The number of unbranched alkanes of at least 4 members (excludes halogenated alkanes) is 38. The molecule has 0 aromatic carbocycles. The van der Waals surface area contributed by atoms with Crippen molar-refractivity contribution in [1.82, 2.24) is 5.32 Å². The first-order valence-corrected chi connectivity index (χ1v) is 28.8. The first-order chi connectivity index (χ1) is 30.0. The number of nitrogens with one attached hydrogen (secondary N) is 1. The van der Waals surface area contributed by atoms with E-state index in [0.29, 0.717) is 23.9 Å². The van der Waals surface area contributed by atoms with Crippen molar-refractivity contribution in [2.45, 2.75) is 296 Å². The van der Waals surface area contributed by atoms with Gasteiger partial charge in [0.2, 0.25) is 5.91 Å². The third kappa shape index (κ3) is 47.5. The number of quaternary nitrogens is 1. The lowest BCUT2D eigenvalue weighted by Gasteiger charge is -2.30. The number of rotatable bonds is 51. The van der Waals surface area contributed by atoms with E-state index in [1.165, 1.54) is 218 Å². The maximum Gasteiger partial charge on any atom is 0.268 e. The van der Waals surface area contributed by atoms with Crippen LogP contribution in [0.4, 0.5) is 0 Å². The number of phosphoric ester groups is 1. The third-order valence-electron chi connectivity index (χ3n) is 12.8. The number of nitrogens with zero attached hydrogens (tertiary/aromatic N) is 1. The molecule has 0 spiro atoms. The van der Waals surface area contributed by atoms with Crippen molar-refractivity contribution in [1.29, 1.82) is 0 Å². The molecule has 1 unspecified atom stereocenters. The second-order valence-electron chi connectivity index (χ2n) is 20.3. The van der Waals surface area contributed by atoms with Gasteiger partial charge in [0.1, 0.15) is 13.2 Å². The van der Waals surface area contributed by atoms with E-state index in [0.717, 1.165) is 38.5 Å². The summed E-state index contributed by atoms with van der Waals surface area (Å²) in [6.45, 7) is 4.74. The Morgan fingerprint density at radius 3 is 1.10 bits per heavy atom. The van der Waals surface area contributed by atoms with Crippen molar-refractivity contribution >= 4 is 13.7 Å². The molecule has 8 nitrogen and oxygen atoms in total. The second-order valence-corrected chi connectivity index (χ2v) is 21.7. The summed E-state index contributed by atoms with van der Waals surface area (Å²) in [6, 6.07) is -0.793. The Balaban J connectivity index is 3.92. The number of hydrogen-bond acceptors (Lipinski definition) is 6. The Kier molecular flexibility index (Phi) is 45.3. The minimum Gasteiger partial charge on any atom is -0.756 e. The number of aliphatic hydroxyl groups excluding tert-OH is 1. The SMILES string of the molecule is CCCCCCCCCCCCCCCCCCCCCCCCCCCCCCCCC(=O)N[C@@H](COP(=O)([O-])OCC[N+](C)(C)C)[C@H](O)CCCCCCCCCCCC. The summed E-state index contributed by atoms with van der Waals surface area (Å²) >= 11 is 0. The highest BCUT2D eigenvalue weighted by molar-refractivity contribution is 7.45. The second kappa shape index (κ2) is 45.6. The van der Waals surface area contributed by atoms with Gasteiger partial charge in [-0.15, -0.1) is 0 Å². The molecule has 0 radical (unpaired) electrons. The van der Waals surface area contributed by atoms with Crippen molar-refractivity contribution in [3.05, 3.63) is 0 Å². The van der Waals surface area contributed by atoms with Crippen LogP contribution in [0.3, 0.4) is 0 Å². The van der Waals surface area contributed by atoms with Crippen LogP contribution in [0.2, 0.25) is 0 Å². The molecule has 0 aromatic rings. The van der Waals surface area contributed by atoms with Crippen LogP contribution >= 0.6 is 7.82 Å². The van der Waals surface area contributed by atoms with Crippen LogP contribution in [0, 0.1) is 0 Å². The predicted molar refractivity (Wildman–Crippen MR) is 266 cm³/mol. The predicted octanol–water partition coefficient (Wildman–Crippen LogP) is 15.5. The molecule has 9 heteroatoms. The molecule has 0 saturated carbocycles. The van der Waals surface area contributed by atoms with Crippen LogP contribution in [-0.4, -0.2) is 68.5 Å². The van der Waals surface area contributed by atoms with E-state index in [9.17, 15) is 19.4 Å². The minimum atomic E-state index is -4.56. The molecule has 0 aliphatic carbocycles. The first kappa shape index (κ1) is 61.5. The monoisotopic (exact) mass is 901 g/mol. The van der Waals surface area contributed by atoms with Crippen molar-refractivity contribution in [3.63, 3.8) is 0 Å². The van der Waals surface area contributed by atoms with Crippen molar-refractivity contribution in [3.8, 4) is 0 Å². The smallest absolute Gasteiger partial charge is 0.268 e. The highest BCUT2D eigenvalue weighted by atomic mass is 31.2. The molecular weight excluding hydrogens is 792 g/mol. The maximum absolute atomic E-state index is 12.9. The normalized spacial score (nSPS) is 14.0. The molecule has 3 atom stereocenters. The van der Waals surface area contributed by atoms with E-state index < -0.39 is 20.0 Å². The molecule has 1 amide bonds. The van der Waals surface area contributed by atoms with Gasteiger partial charge >= 0.3 is 0 Å². The summed E-state index contributed by atoms with van der Waals surface area (Å²) in [5.74, 6) is -0.160. The lowest BCUT2D eigenvalue weighted by molar-refractivity contribution is -0.870. The van der Waals surface area contributed by atoms with E-state index in [1.807, 2.05) is 21.1 Å². The number of carbonyl (C=O) groups excluding carboxylic acids is 1. The number of aliphatic hydroxyl groups is 1. The largest absolute Gasteiger partial charge is 0.756 e. The van der Waals surface area contributed by atoms with Crippen LogP contribution in [0.25, 0.3) is 0 Å². The number of carbonyl (C=O) groups is 1. The van der Waals surface area contributed by atoms with Gasteiger partial charge in [0.05, 0.1) is 39.9 Å². The zero-order valence-corrected chi connectivity index (χ0v) is 43.3. The zero-order chi connectivity index (χ0) is 45.7. The van der Waals surface area contributed by atoms with E-state index in [2.05, 4.69) is 19.2 Å². The number of phosphoric acid groups is 1. The number of amides is 1. The van der Waals surface area contributed by atoms with Crippen LogP contribution < -0.4 is 10.2 Å². The fraction of sp³-hybridized carbons (Fsp3) is 0.981. The van der Waals surface area contributed by atoms with Crippen LogP contribution in [0.5, 0.6) is 0 Å². The summed E-state index contributed by atoms with van der Waals surface area (Å²) in [5.41, 5.74) is 0. The average Bonchev–Trinajstić information content (AvgIpc) is 3.23. The van der Waals surface area contributed by atoms with Crippen LogP contribution in [0.15, 0.2) is 0 Å². The van der Waals surface area contributed by atoms with Crippen molar-refractivity contribution in [2.24, 2.45) is 0 Å². The molecule has 0 saturated heterocycles. The summed E-state index contributed by atoms with van der Waals surface area (Å²) in [5, 5.41) is 13.9. The Morgan fingerprint density at radius 2 is 0.790 bits per heavy atom. The van der Waals surface area contributed by atoms with Gasteiger partial charge in [0.15, 0.2) is 0 Å². The molecule has 0 rings (SSSR count). The summed E-state index contributed by atoms with van der Waals surface area (Å²) in [6.07, 6.45) is 53.0. The maximum atomic E-state index is 12.9. The van der Waals surface area contributed by atoms with Gasteiger partial charge in [-0.3, -0.25) is 9.36 Å². The fourth-order valence-corrected chi connectivity index (χ4v) is 9.24. The summed E-state index contributed by atoms with van der Waals surface area (Å²) < 4.78 is 23.3. The fourth-order valence-electron chi connectivity index (χ4n) is 8.51. The van der Waals surface area contributed by atoms with Gasteiger partial charge in [0, 0.05) is 6.42 Å². The molecule has 2 N–H and O–H groups in total. The Bertz CT molecular complexity index is 978. The summed E-state index contributed by atoms with van der Waals surface area (Å²) in [7, 11) is 1.32. The number of likely N-dealkylation sites (N-methyl/N-ethyl adjacent to an activating group) is 1. The van der Waals surface area contributed by atoms with Gasteiger partial charge in [-0.2, -0.15) is 0 Å². The molecule has 0 heterocycles. The first-order valence-electron chi connectivity index (χ1n) is 27.4. The van der Waals surface area contributed by atoms with E-state index >= 15 is 0 Å². The van der Waals surface area contributed by atoms with Gasteiger partial charge in [-0.1, -0.05) is 264 Å². The molecule has 0 aliphatic heterocycles. The minimum absolute atomic E-state index is 0.0160. The number of hydrogen-bond donors (Lipinski definition) is 2. The highest BCUT2D eigenvalue weighted by Gasteiger charge is 2.24. The zero-order valence-electron chi connectivity index (χ0n) is 42.4. The van der Waals surface area contributed by atoms with E-state index in [1.54, 1.807) is 0 Å². The quantitative estimate of drug-likeness (QED) is 0.0358. The highest BCUT2D eigenvalue weighted by Crippen LogP contribution is 2.38. The Hall–Kier alpha value is -0.500. The van der Waals surface area contributed by atoms with Gasteiger partial charge < -0.3 is 28.8 Å². The van der Waals surface area contributed by atoms with Gasteiger partial charge in [-0.05, 0) is 12.8 Å². The average molecular weight is 901 g/mol. The van der Waals surface area contributed by atoms with Crippen molar-refractivity contribution in [2.75, 3.05) is 40.9 Å². The molecule has 0 aromatic heterocycles. The van der Waals surface area contributed by atoms with E-state index in [-0.39, 0.29) is 19.1 Å². The molecule has 0 aliphatic rings. The molecule has 0 bridgehead atoms. The molecule has 0 fully saturated rings. The third-order valence-corrected chi connectivity index (χ3v) is 13.8. The van der Waals surface area contributed by atoms with E-state index in [4.69, 9.17) is 9.05 Å². The standard InChI is InChI=1S/C53H109N2O6P/c1-6-8-10-12-14-16-18-19-20-21-22-23-24-25-26-27-28-29-30-31-32-33-34-35-36-37-39-41-43-45-47-53(57)54-51(50-61-62(58,59)60-49-48-55(3,4)5)52(56)46-44-42-40-38-17-15-13-11-9-7-2/h51-52,56H,6-50H2,1-5H3,(H-,54,57,58,59)/t51-,52+/m0/s1. The lowest BCUT2D eigenvalue weighted by atomic mass is 10.0. The van der Waals surface area contributed by atoms with Crippen LogP contribution in [-0.2, 0) is 18.4 Å². The summed E-state index contributed by atoms with van der Waals surface area (Å²) in [4.78, 5) is 25.4. The van der Waals surface area contributed by atoms with Gasteiger partial charge in [0.25, 0.3) is 7.82 Å².